The van der Waals surface area contributed by atoms with Crippen LogP contribution in [0.2, 0.25) is 0 Å². The summed E-state index contributed by atoms with van der Waals surface area (Å²) >= 11 is 0. The molecule has 3 N–H and O–H groups in total. The van der Waals surface area contributed by atoms with Crippen molar-refractivity contribution in [1.29, 1.82) is 0 Å². The lowest BCUT2D eigenvalue weighted by Gasteiger charge is -2.33. The van der Waals surface area contributed by atoms with E-state index in [1.54, 1.807) is 6.92 Å². The second-order valence-corrected chi connectivity index (χ2v) is 6.08. The van der Waals surface area contributed by atoms with Crippen molar-refractivity contribution in [2.24, 2.45) is 0 Å². The van der Waals surface area contributed by atoms with Crippen LogP contribution in [0.5, 0.6) is 0 Å². The van der Waals surface area contributed by atoms with Gasteiger partial charge in [-0.25, -0.2) is 9.59 Å². The number of carbonyl (C=O) groups excluding carboxylic acids is 1. The van der Waals surface area contributed by atoms with Gasteiger partial charge in [0.25, 0.3) is 0 Å². The Balaban J connectivity index is 1.90. The zero-order chi connectivity index (χ0) is 14.8. The van der Waals surface area contributed by atoms with E-state index in [9.17, 15) is 14.7 Å². The summed E-state index contributed by atoms with van der Waals surface area (Å²) in [5.74, 6) is -0.999. The molecule has 0 radical (unpaired) electrons. The SMILES string of the molecule is CCC(C)(NC(=O)NC1CCN2CCCCC12)C(=O)O. The molecule has 2 heterocycles. The first-order chi connectivity index (χ1) is 9.46. The third-order valence-electron chi connectivity index (χ3n) is 4.74. The lowest BCUT2D eigenvalue weighted by molar-refractivity contribution is -0.143. The number of nitrogens with one attached hydrogen (secondary N) is 2. The second-order valence-electron chi connectivity index (χ2n) is 6.08. The molecule has 20 heavy (non-hydrogen) atoms. The molecule has 0 aliphatic carbocycles. The zero-order valence-corrected chi connectivity index (χ0v) is 12.3. The monoisotopic (exact) mass is 283 g/mol. The minimum Gasteiger partial charge on any atom is -0.480 e. The Hall–Kier alpha value is -1.30. The molecule has 114 valence electrons. The fourth-order valence-corrected chi connectivity index (χ4v) is 3.16. The number of amides is 2. The minimum absolute atomic E-state index is 0.144. The van der Waals surface area contributed by atoms with Crippen molar-refractivity contribution in [3.8, 4) is 0 Å². The maximum Gasteiger partial charge on any atom is 0.329 e. The topological polar surface area (TPSA) is 81.7 Å². The molecule has 6 heteroatoms. The highest BCUT2D eigenvalue weighted by molar-refractivity contribution is 5.85. The average molecular weight is 283 g/mol. The number of rotatable bonds is 4. The maximum atomic E-state index is 12.0. The number of urea groups is 1. The Labute approximate surface area is 119 Å². The first-order valence-electron chi connectivity index (χ1n) is 7.52. The highest BCUT2D eigenvalue weighted by Gasteiger charge is 2.38. The molecule has 3 unspecified atom stereocenters. The molecule has 3 atom stereocenters. The van der Waals surface area contributed by atoms with Gasteiger partial charge in [-0.15, -0.1) is 0 Å². The summed E-state index contributed by atoms with van der Waals surface area (Å²) in [6, 6.07) is 0.201. The van der Waals surface area contributed by atoms with E-state index in [1.165, 1.54) is 19.8 Å². The summed E-state index contributed by atoms with van der Waals surface area (Å²) in [7, 11) is 0. The molecule has 0 aromatic heterocycles. The van der Waals surface area contributed by atoms with Crippen molar-refractivity contribution in [3.63, 3.8) is 0 Å². The summed E-state index contributed by atoms with van der Waals surface area (Å²) in [6.45, 7) is 5.44. The fourth-order valence-electron chi connectivity index (χ4n) is 3.16. The van der Waals surface area contributed by atoms with E-state index >= 15 is 0 Å². The Kier molecular flexibility index (Phi) is 4.52. The number of carbonyl (C=O) groups is 2. The third kappa shape index (κ3) is 3.06. The van der Waals surface area contributed by atoms with Crippen LogP contribution in [-0.2, 0) is 4.79 Å². The molecule has 2 aliphatic heterocycles. The van der Waals surface area contributed by atoms with E-state index in [4.69, 9.17) is 0 Å². The van der Waals surface area contributed by atoms with Gasteiger partial charge in [0, 0.05) is 18.6 Å². The van der Waals surface area contributed by atoms with E-state index in [0.29, 0.717) is 12.5 Å². The van der Waals surface area contributed by atoms with Crippen LogP contribution in [0, 0.1) is 0 Å². The van der Waals surface area contributed by atoms with Gasteiger partial charge in [-0.2, -0.15) is 0 Å². The van der Waals surface area contributed by atoms with Crippen molar-refractivity contribution in [2.75, 3.05) is 13.1 Å². The third-order valence-corrected chi connectivity index (χ3v) is 4.74. The Morgan fingerprint density at radius 3 is 2.70 bits per heavy atom. The molecule has 2 rings (SSSR count). The van der Waals surface area contributed by atoms with E-state index < -0.39 is 11.5 Å². The average Bonchev–Trinajstić information content (AvgIpc) is 2.82. The van der Waals surface area contributed by atoms with E-state index in [0.717, 1.165) is 25.9 Å². The van der Waals surface area contributed by atoms with E-state index in [1.807, 2.05) is 0 Å². The number of fused-ring (bicyclic) bond motifs is 1. The Morgan fingerprint density at radius 2 is 2.05 bits per heavy atom. The minimum atomic E-state index is -1.20. The molecule has 2 fully saturated rings. The van der Waals surface area contributed by atoms with Crippen LogP contribution in [0.4, 0.5) is 4.79 Å². The molecule has 2 saturated heterocycles. The van der Waals surface area contributed by atoms with Gasteiger partial charge >= 0.3 is 12.0 Å². The van der Waals surface area contributed by atoms with Gasteiger partial charge < -0.3 is 15.7 Å². The quantitative estimate of drug-likeness (QED) is 0.723. The summed E-state index contributed by atoms with van der Waals surface area (Å²) in [4.78, 5) is 25.7. The van der Waals surface area contributed by atoms with Crippen LogP contribution >= 0.6 is 0 Å². The fraction of sp³-hybridized carbons (Fsp3) is 0.857. The number of hydrogen-bond donors (Lipinski definition) is 3. The van der Waals surface area contributed by atoms with Gasteiger partial charge in [0.2, 0.25) is 0 Å². The number of carboxylic acid groups (broad SMARTS) is 1. The molecule has 0 spiro atoms. The zero-order valence-electron chi connectivity index (χ0n) is 12.3. The van der Waals surface area contributed by atoms with Crippen molar-refractivity contribution in [1.82, 2.24) is 15.5 Å². The Morgan fingerprint density at radius 1 is 1.30 bits per heavy atom. The molecule has 0 bridgehead atoms. The molecule has 6 nitrogen and oxygen atoms in total. The van der Waals surface area contributed by atoms with Gasteiger partial charge in [0.1, 0.15) is 5.54 Å². The summed E-state index contributed by atoms with van der Waals surface area (Å²) in [5.41, 5.74) is -1.20. The van der Waals surface area contributed by atoms with Crippen LogP contribution in [0.1, 0.15) is 46.0 Å². The standard InChI is InChI=1S/C14H25N3O3/c1-3-14(2,12(18)19)16-13(20)15-10-7-9-17-8-5-4-6-11(10)17/h10-11H,3-9H2,1-2H3,(H,18,19)(H2,15,16,20). The number of piperidine rings is 1. The first-order valence-corrected chi connectivity index (χ1v) is 7.52. The van der Waals surface area contributed by atoms with E-state index in [2.05, 4.69) is 15.5 Å². The summed E-state index contributed by atoms with van der Waals surface area (Å²) < 4.78 is 0. The normalized spacial score (nSPS) is 29.3. The predicted molar refractivity (Wildman–Crippen MR) is 75.6 cm³/mol. The van der Waals surface area contributed by atoms with Crippen molar-refractivity contribution >= 4 is 12.0 Å². The van der Waals surface area contributed by atoms with Crippen molar-refractivity contribution in [2.45, 2.75) is 63.6 Å². The molecular formula is C14H25N3O3. The maximum absolute atomic E-state index is 12.0. The second kappa shape index (κ2) is 5.99. The smallest absolute Gasteiger partial charge is 0.329 e. The van der Waals surface area contributed by atoms with Crippen molar-refractivity contribution in [3.05, 3.63) is 0 Å². The largest absolute Gasteiger partial charge is 0.480 e. The number of hydrogen-bond acceptors (Lipinski definition) is 3. The van der Waals surface area contributed by atoms with Crippen LogP contribution < -0.4 is 10.6 Å². The molecule has 0 aromatic carbocycles. The number of nitrogens with zero attached hydrogens (tertiary/aromatic N) is 1. The summed E-state index contributed by atoms with van der Waals surface area (Å²) in [5, 5.41) is 14.7. The van der Waals surface area contributed by atoms with Crippen LogP contribution in [0.15, 0.2) is 0 Å². The molecule has 2 aliphatic rings. The van der Waals surface area contributed by atoms with Gasteiger partial charge in [-0.3, -0.25) is 4.90 Å². The van der Waals surface area contributed by atoms with Crippen LogP contribution in [-0.4, -0.2) is 52.7 Å². The lowest BCUT2D eigenvalue weighted by atomic mass is 9.98. The molecular weight excluding hydrogens is 258 g/mol. The van der Waals surface area contributed by atoms with Gasteiger partial charge in [0.05, 0.1) is 0 Å². The highest BCUT2D eigenvalue weighted by Crippen LogP contribution is 2.27. The van der Waals surface area contributed by atoms with Gasteiger partial charge in [-0.1, -0.05) is 13.3 Å². The molecule has 0 saturated carbocycles. The van der Waals surface area contributed by atoms with Crippen molar-refractivity contribution < 1.29 is 14.7 Å². The predicted octanol–water partition coefficient (Wildman–Crippen LogP) is 1.17. The first kappa shape index (κ1) is 15.1. The lowest BCUT2D eigenvalue weighted by Crippen LogP contribution is -2.57. The summed E-state index contributed by atoms with van der Waals surface area (Å²) in [6.07, 6.45) is 4.88. The molecule has 2 amide bonds. The van der Waals surface area contributed by atoms with Gasteiger partial charge in [0.15, 0.2) is 0 Å². The van der Waals surface area contributed by atoms with Crippen LogP contribution in [0.25, 0.3) is 0 Å². The van der Waals surface area contributed by atoms with Gasteiger partial charge in [-0.05, 0) is 39.2 Å². The number of aliphatic carboxylic acids is 1. The van der Waals surface area contributed by atoms with E-state index in [-0.39, 0.29) is 12.1 Å². The van der Waals surface area contributed by atoms with Crippen LogP contribution in [0.3, 0.4) is 0 Å². The Bertz CT molecular complexity index is 388. The highest BCUT2D eigenvalue weighted by atomic mass is 16.4. The molecule has 0 aromatic rings. The number of carboxylic acids is 1.